The van der Waals surface area contributed by atoms with Crippen molar-refractivity contribution >= 4 is 50.5 Å². The second-order valence-electron chi connectivity index (χ2n) is 8.22. The summed E-state index contributed by atoms with van der Waals surface area (Å²) in [6, 6.07) is 17.5. The number of sulfonamides is 1. The highest BCUT2D eigenvalue weighted by Crippen LogP contribution is 2.35. The van der Waals surface area contributed by atoms with E-state index in [1.54, 1.807) is 47.4 Å². The smallest absolute Gasteiger partial charge is 0.264 e. The first-order chi connectivity index (χ1) is 16.7. The van der Waals surface area contributed by atoms with Gasteiger partial charge in [0.05, 0.1) is 26.3 Å². The molecule has 0 atom stereocenters. The number of benzene rings is 3. The van der Waals surface area contributed by atoms with Crippen LogP contribution in [0.1, 0.15) is 5.56 Å². The van der Waals surface area contributed by atoms with Crippen LogP contribution < -0.4 is 9.21 Å². The SMILES string of the molecule is Cc1ccc(S(=O)(=O)N(CC(=O)N2CCN(c3ccccc3F)CC2)c2cccc(Cl)c2Cl)cc1. The van der Waals surface area contributed by atoms with Crippen LogP contribution in [-0.4, -0.2) is 51.9 Å². The number of anilines is 2. The number of aryl methyl sites for hydroxylation is 1. The molecule has 0 radical (unpaired) electrons. The Morgan fingerprint density at radius 1 is 0.943 bits per heavy atom. The zero-order valence-electron chi connectivity index (χ0n) is 19.0. The normalized spacial score (nSPS) is 14.2. The molecule has 0 aromatic heterocycles. The van der Waals surface area contributed by atoms with E-state index in [9.17, 15) is 17.6 Å². The summed E-state index contributed by atoms with van der Waals surface area (Å²) in [4.78, 5) is 16.8. The molecule has 0 unspecified atom stereocenters. The zero-order valence-corrected chi connectivity index (χ0v) is 21.3. The molecular formula is C25H24Cl2FN3O3S. The maximum atomic E-state index is 14.2. The molecule has 1 heterocycles. The van der Waals surface area contributed by atoms with Gasteiger partial charge in [0.15, 0.2) is 0 Å². The van der Waals surface area contributed by atoms with Crippen molar-refractivity contribution in [3.05, 3.63) is 88.2 Å². The summed E-state index contributed by atoms with van der Waals surface area (Å²) in [6.07, 6.45) is 0. The van der Waals surface area contributed by atoms with E-state index in [-0.39, 0.29) is 32.4 Å². The van der Waals surface area contributed by atoms with Crippen LogP contribution in [0.4, 0.5) is 15.8 Å². The monoisotopic (exact) mass is 535 g/mol. The fourth-order valence-corrected chi connectivity index (χ4v) is 5.82. The summed E-state index contributed by atoms with van der Waals surface area (Å²) in [5.41, 5.74) is 1.51. The summed E-state index contributed by atoms with van der Waals surface area (Å²) < 4.78 is 42.4. The standard InChI is InChI=1S/C25H24Cl2FN3O3S/c1-18-9-11-19(12-10-18)35(33,34)31(23-8-4-5-20(26)25(23)27)17-24(32)30-15-13-29(14-16-30)22-7-3-2-6-21(22)28/h2-12H,13-17H2,1H3. The highest BCUT2D eigenvalue weighted by molar-refractivity contribution is 7.92. The summed E-state index contributed by atoms with van der Waals surface area (Å²) in [5, 5.41) is 0.223. The van der Waals surface area contributed by atoms with Gasteiger partial charge in [-0.05, 0) is 43.3 Å². The van der Waals surface area contributed by atoms with Crippen molar-refractivity contribution in [3.63, 3.8) is 0 Å². The number of piperazine rings is 1. The molecule has 0 saturated carbocycles. The summed E-state index contributed by atoms with van der Waals surface area (Å²) in [7, 11) is -4.12. The van der Waals surface area contributed by atoms with Crippen LogP contribution in [0.25, 0.3) is 0 Å². The second-order valence-corrected chi connectivity index (χ2v) is 10.9. The molecule has 1 aliphatic rings. The van der Waals surface area contributed by atoms with Crippen molar-refractivity contribution in [1.82, 2.24) is 4.90 Å². The summed E-state index contributed by atoms with van der Waals surface area (Å²) in [6.45, 7) is 2.91. The molecule has 3 aromatic carbocycles. The highest BCUT2D eigenvalue weighted by atomic mass is 35.5. The number of halogens is 3. The number of hydrogen-bond donors (Lipinski definition) is 0. The first kappa shape index (κ1) is 25.3. The molecule has 0 bridgehead atoms. The molecule has 184 valence electrons. The van der Waals surface area contributed by atoms with Crippen LogP contribution in [0.2, 0.25) is 10.0 Å². The number of rotatable bonds is 6. The lowest BCUT2D eigenvalue weighted by atomic mass is 10.2. The Morgan fingerprint density at radius 2 is 1.60 bits per heavy atom. The molecule has 6 nitrogen and oxygen atoms in total. The largest absolute Gasteiger partial charge is 0.366 e. The van der Waals surface area contributed by atoms with Crippen LogP contribution in [0, 0.1) is 12.7 Å². The van der Waals surface area contributed by atoms with E-state index in [0.29, 0.717) is 31.9 Å². The molecule has 0 spiro atoms. The van der Waals surface area contributed by atoms with Crippen molar-refractivity contribution in [2.75, 3.05) is 41.9 Å². The third-order valence-electron chi connectivity index (χ3n) is 5.91. The lowest BCUT2D eigenvalue weighted by molar-refractivity contribution is -0.129. The molecule has 0 aliphatic carbocycles. The number of amides is 1. The van der Waals surface area contributed by atoms with E-state index in [1.165, 1.54) is 24.3 Å². The Kier molecular flexibility index (Phi) is 7.54. The Bertz CT molecular complexity index is 1330. The lowest BCUT2D eigenvalue weighted by Crippen LogP contribution is -2.52. The molecule has 1 aliphatic heterocycles. The van der Waals surface area contributed by atoms with Gasteiger partial charge in [-0.25, -0.2) is 12.8 Å². The predicted octanol–water partition coefficient (Wildman–Crippen LogP) is 4.99. The minimum absolute atomic E-state index is 0.0383. The maximum Gasteiger partial charge on any atom is 0.264 e. The molecule has 0 N–H and O–H groups in total. The van der Waals surface area contributed by atoms with Crippen LogP contribution in [0.3, 0.4) is 0 Å². The Hall–Kier alpha value is -2.81. The summed E-state index contributed by atoms with van der Waals surface area (Å²) >= 11 is 12.5. The van der Waals surface area contributed by atoms with Crippen molar-refractivity contribution in [2.24, 2.45) is 0 Å². The summed E-state index contributed by atoms with van der Waals surface area (Å²) in [5.74, 6) is -0.705. The van der Waals surface area contributed by atoms with Gasteiger partial charge in [-0.2, -0.15) is 0 Å². The number of carbonyl (C=O) groups excluding carboxylic acids is 1. The molecule has 35 heavy (non-hydrogen) atoms. The minimum Gasteiger partial charge on any atom is -0.366 e. The fraction of sp³-hybridized carbons (Fsp3) is 0.240. The fourth-order valence-electron chi connectivity index (χ4n) is 3.95. The molecule has 1 fully saturated rings. The molecule has 3 aromatic rings. The quantitative estimate of drug-likeness (QED) is 0.446. The zero-order chi connectivity index (χ0) is 25.2. The van der Waals surface area contributed by atoms with Gasteiger partial charge >= 0.3 is 0 Å². The van der Waals surface area contributed by atoms with Crippen LogP contribution in [0.5, 0.6) is 0 Å². The average molecular weight is 536 g/mol. The van der Waals surface area contributed by atoms with E-state index in [2.05, 4.69) is 0 Å². The third kappa shape index (κ3) is 5.39. The van der Waals surface area contributed by atoms with Crippen molar-refractivity contribution in [2.45, 2.75) is 11.8 Å². The van der Waals surface area contributed by atoms with Gasteiger partial charge < -0.3 is 9.80 Å². The van der Waals surface area contributed by atoms with E-state index < -0.39 is 16.6 Å². The van der Waals surface area contributed by atoms with E-state index in [4.69, 9.17) is 23.2 Å². The van der Waals surface area contributed by atoms with Gasteiger partial charge in [-0.1, -0.05) is 59.1 Å². The third-order valence-corrected chi connectivity index (χ3v) is 8.50. The molecule has 1 amide bonds. The topological polar surface area (TPSA) is 60.9 Å². The van der Waals surface area contributed by atoms with E-state index >= 15 is 0 Å². The van der Waals surface area contributed by atoms with Crippen molar-refractivity contribution in [3.8, 4) is 0 Å². The molecular weight excluding hydrogens is 512 g/mol. The number of para-hydroxylation sites is 1. The van der Waals surface area contributed by atoms with Gasteiger partial charge in [0, 0.05) is 26.2 Å². The van der Waals surface area contributed by atoms with Crippen molar-refractivity contribution in [1.29, 1.82) is 0 Å². The average Bonchev–Trinajstić information content (AvgIpc) is 2.85. The number of carbonyl (C=O) groups is 1. The van der Waals surface area contributed by atoms with Gasteiger partial charge in [0.1, 0.15) is 12.4 Å². The molecule has 4 rings (SSSR count). The van der Waals surface area contributed by atoms with E-state index in [0.717, 1.165) is 9.87 Å². The Balaban J connectivity index is 1.58. The first-order valence-electron chi connectivity index (χ1n) is 11.0. The Morgan fingerprint density at radius 3 is 2.26 bits per heavy atom. The second kappa shape index (κ2) is 10.4. The van der Waals surface area contributed by atoms with E-state index in [1.807, 2.05) is 11.8 Å². The van der Waals surface area contributed by atoms with Crippen molar-refractivity contribution < 1.29 is 17.6 Å². The predicted molar refractivity (Wildman–Crippen MR) is 137 cm³/mol. The van der Waals surface area contributed by atoms with Gasteiger partial charge in [0.2, 0.25) is 5.91 Å². The Labute approximate surface area is 214 Å². The van der Waals surface area contributed by atoms with Gasteiger partial charge in [-0.3, -0.25) is 9.10 Å². The molecule has 10 heteroatoms. The van der Waals surface area contributed by atoms with Crippen LogP contribution in [-0.2, 0) is 14.8 Å². The minimum atomic E-state index is -4.12. The maximum absolute atomic E-state index is 14.2. The number of hydrogen-bond acceptors (Lipinski definition) is 4. The number of nitrogens with zero attached hydrogens (tertiary/aromatic N) is 3. The van der Waals surface area contributed by atoms with Crippen LogP contribution >= 0.6 is 23.2 Å². The first-order valence-corrected chi connectivity index (χ1v) is 13.2. The van der Waals surface area contributed by atoms with Gasteiger partial charge in [0.25, 0.3) is 10.0 Å². The van der Waals surface area contributed by atoms with Gasteiger partial charge in [-0.15, -0.1) is 0 Å². The van der Waals surface area contributed by atoms with Crippen LogP contribution in [0.15, 0.2) is 71.6 Å². The highest BCUT2D eigenvalue weighted by Gasteiger charge is 2.32. The lowest BCUT2D eigenvalue weighted by Gasteiger charge is -2.37. The molecule has 1 saturated heterocycles.